The Morgan fingerprint density at radius 1 is 1.10 bits per heavy atom. The van der Waals surface area contributed by atoms with Crippen LogP contribution in [0.3, 0.4) is 0 Å². The molecule has 0 aliphatic heterocycles. The Bertz CT molecular complexity index is 602. The van der Waals surface area contributed by atoms with E-state index < -0.39 is 5.82 Å². The topological polar surface area (TPSA) is 27.0 Å². The summed E-state index contributed by atoms with van der Waals surface area (Å²) in [5.41, 5.74) is 2.37. The van der Waals surface area contributed by atoms with E-state index in [1.807, 2.05) is 31.3 Å². The van der Waals surface area contributed by atoms with Gasteiger partial charge in [-0.05, 0) is 36.7 Å². The van der Waals surface area contributed by atoms with Crippen LogP contribution in [0.4, 0.5) is 4.39 Å². The number of benzene rings is 2. The van der Waals surface area contributed by atoms with Crippen molar-refractivity contribution in [2.75, 3.05) is 13.6 Å². The molecule has 0 aromatic heterocycles. The molecule has 102 valence electrons. The zero-order valence-electron chi connectivity index (χ0n) is 11.5. The fourth-order valence-electron chi connectivity index (χ4n) is 2.11. The van der Waals surface area contributed by atoms with E-state index in [1.165, 1.54) is 11.6 Å². The van der Waals surface area contributed by atoms with Crippen molar-refractivity contribution in [1.82, 2.24) is 4.90 Å². The molecule has 3 heteroatoms. The zero-order valence-corrected chi connectivity index (χ0v) is 11.5. The minimum atomic E-state index is -0.455. The average molecular weight is 268 g/mol. The molecule has 0 fully saturated rings. The minimum Gasteiger partial charge on any atom is -0.302 e. The highest BCUT2D eigenvalue weighted by Gasteiger charge is 2.05. The van der Waals surface area contributed by atoms with Gasteiger partial charge in [-0.1, -0.05) is 36.4 Å². The van der Waals surface area contributed by atoms with Gasteiger partial charge in [0.25, 0.3) is 0 Å². The van der Waals surface area contributed by atoms with E-state index in [0.29, 0.717) is 6.54 Å². The SMILES string of the molecule is CN(CCc1ccccc1)Cc1ccc(F)c(C#N)c1. The Balaban J connectivity index is 1.91. The first kappa shape index (κ1) is 14.2. The molecule has 2 rings (SSSR count). The lowest BCUT2D eigenvalue weighted by Gasteiger charge is -2.17. The molecule has 2 aromatic rings. The Labute approximate surface area is 119 Å². The molecule has 0 saturated heterocycles. The summed E-state index contributed by atoms with van der Waals surface area (Å²) in [5, 5.41) is 8.83. The predicted molar refractivity (Wildman–Crippen MR) is 77.6 cm³/mol. The molecule has 2 nitrogen and oxygen atoms in total. The van der Waals surface area contributed by atoms with E-state index >= 15 is 0 Å². The second-order valence-electron chi connectivity index (χ2n) is 4.90. The molecule has 20 heavy (non-hydrogen) atoms. The first-order valence-corrected chi connectivity index (χ1v) is 6.60. The van der Waals surface area contributed by atoms with Crippen molar-refractivity contribution in [1.29, 1.82) is 5.26 Å². The predicted octanol–water partition coefficient (Wildman–Crippen LogP) is 3.37. The van der Waals surface area contributed by atoms with Crippen molar-refractivity contribution >= 4 is 0 Å². The molecule has 0 aliphatic carbocycles. The summed E-state index contributed by atoms with van der Waals surface area (Å²) in [6.07, 6.45) is 0.976. The average Bonchev–Trinajstić information content (AvgIpc) is 2.48. The molecule has 0 saturated carbocycles. The van der Waals surface area contributed by atoms with Gasteiger partial charge in [-0.15, -0.1) is 0 Å². The van der Waals surface area contributed by atoms with E-state index in [2.05, 4.69) is 17.0 Å². The quantitative estimate of drug-likeness (QED) is 0.831. The van der Waals surface area contributed by atoms with Gasteiger partial charge in [0.2, 0.25) is 0 Å². The normalized spacial score (nSPS) is 10.5. The monoisotopic (exact) mass is 268 g/mol. The highest BCUT2D eigenvalue weighted by atomic mass is 19.1. The van der Waals surface area contributed by atoms with Crippen molar-refractivity contribution in [3.8, 4) is 6.07 Å². The number of likely N-dealkylation sites (N-methyl/N-ethyl adjacent to an activating group) is 1. The third kappa shape index (κ3) is 3.91. The van der Waals surface area contributed by atoms with Gasteiger partial charge in [-0.2, -0.15) is 5.26 Å². The van der Waals surface area contributed by atoms with E-state index in [4.69, 9.17) is 5.26 Å². The van der Waals surface area contributed by atoms with Gasteiger partial charge < -0.3 is 4.90 Å². The summed E-state index contributed by atoms with van der Waals surface area (Å²) in [7, 11) is 2.03. The number of hydrogen-bond acceptors (Lipinski definition) is 2. The largest absolute Gasteiger partial charge is 0.302 e. The Morgan fingerprint density at radius 2 is 1.85 bits per heavy atom. The Kier molecular flexibility index (Phi) is 4.86. The molecule has 2 aromatic carbocycles. The van der Waals surface area contributed by atoms with Crippen LogP contribution in [0.1, 0.15) is 16.7 Å². The van der Waals surface area contributed by atoms with Gasteiger partial charge in [0.1, 0.15) is 11.9 Å². The molecule has 0 heterocycles. The maximum absolute atomic E-state index is 13.2. The molecular formula is C17H17FN2. The molecule has 0 unspecified atom stereocenters. The van der Waals surface area contributed by atoms with Crippen LogP contribution in [-0.4, -0.2) is 18.5 Å². The van der Waals surface area contributed by atoms with Crippen molar-refractivity contribution in [2.45, 2.75) is 13.0 Å². The summed E-state index contributed by atoms with van der Waals surface area (Å²) in [6, 6.07) is 16.9. The van der Waals surface area contributed by atoms with Gasteiger partial charge in [-0.25, -0.2) is 4.39 Å². The summed E-state index contributed by atoms with van der Waals surface area (Å²) in [4.78, 5) is 2.17. The molecule has 0 amide bonds. The lowest BCUT2D eigenvalue weighted by atomic mass is 10.1. The summed E-state index contributed by atoms with van der Waals surface area (Å²) < 4.78 is 13.2. The first-order chi connectivity index (χ1) is 9.69. The van der Waals surface area contributed by atoms with Gasteiger partial charge in [-0.3, -0.25) is 0 Å². The summed E-state index contributed by atoms with van der Waals surface area (Å²) >= 11 is 0. The second kappa shape index (κ2) is 6.83. The molecule has 0 radical (unpaired) electrons. The lowest BCUT2D eigenvalue weighted by molar-refractivity contribution is 0.331. The van der Waals surface area contributed by atoms with Crippen molar-refractivity contribution in [3.63, 3.8) is 0 Å². The van der Waals surface area contributed by atoms with Crippen molar-refractivity contribution in [3.05, 3.63) is 71.0 Å². The van der Waals surface area contributed by atoms with Gasteiger partial charge in [0.15, 0.2) is 0 Å². The molecule has 0 bridgehead atoms. The van der Waals surface area contributed by atoms with Crippen LogP contribution in [0, 0.1) is 17.1 Å². The Morgan fingerprint density at radius 3 is 2.55 bits per heavy atom. The number of nitrogens with zero attached hydrogens (tertiary/aromatic N) is 2. The van der Waals surface area contributed by atoms with Crippen molar-refractivity contribution in [2.24, 2.45) is 0 Å². The maximum Gasteiger partial charge on any atom is 0.140 e. The molecule has 0 N–H and O–H groups in total. The van der Waals surface area contributed by atoms with Crippen LogP contribution in [-0.2, 0) is 13.0 Å². The molecule has 0 spiro atoms. The van der Waals surface area contributed by atoms with Gasteiger partial charge in [0, 0.05) is 13.1 Å². The van der Waals surface area contributed by atoms with Crippen LogP contribution in [0.15, 0.2) is 48.5 Å². The highest BCUT2D eigenvalue weighted by Crippen LogP contribution is 2.11. The van der Waals surface area contributed by atoms with Crippen LogP contribution >= 0.6 is 0 Å². The number of nitriles is 1. The lowest BCUT2D eigenvalue weighted by Crippen LogP contribution is -2.20. The highest BCUT2D eigenvalue weighted by molar-refractivity contribution is 5.34. The van der Waals surface area contributed by atoms with E-state index in [0.717, 1.165) is 18.5 Å². The smallest absolute Gasteiger partial charge is 0.140 e. The minimum absolute atomic E-state index is 0.110. The molecule has 0 aliphatic rings. The van der Waals surface area contributed by atoms with Crippen LogP contribution in [0.2, 0.25) is 0 Å². The number of rotatable bonds is 5. The van der Waals surface area contributed by atoms with E-state index in [1.54, 1.807) is 12.1 Å². The van der Waals surface area contributed by atoms with Crippen LogP contribution < -0.4 is 0 Å². The molecule has 0 atom stereocenters. The Hall–Kier alpha value is -2.18. The van der Waals surface area contributed by atoms with Gasteiger partial charge in [0.05, 0.1) is 5.56 Å². The summed E-state index contributed by atoms with van der Waals surface area (Å²) in [6.45, 7) is 1.63. The van der Waals surface area contributed by atoms with Crippen molar-refractivity contribution < 1.29 is 4.39 Å². The maximum atomic E-state index is 13.2. The van der Waals surface area contributed by atoms with Crippen LogP contribution in [0.25, 0.3) is 0 Å². The molecular weight excluding hydrogens is 251 g/mol. The number of hydrogen-bond donors (Lipinski definition) is 0. The van der Waals surface area contributed by atoms with Gasteiger partial charge >= 0.3 is 0 Å². The number of halogens is 1. The van der Waals surface area contributed by atoms with E-state index in [9.17, 15) is 4.39 Å². The first-order valence-electron chi connectivity index (χ1n) is 6.60. The second-order valence-corrected chi connectivity index (χ2v) is 4.90. The fraction of sp³-hybridized carbons (Fsp3) is 0.235. The van der Waals surface area contributed by atoms with E-state index in [-0.39, 0.29) is 5.56 Å². The zero-order chi connectivity index (χ0) is 14.4. The third-order valence-electron chi connectivity index (χ3n) is 3.23. The fourth-order valence-corrected chi connectivity index (χ4v) is 2.11. The third-order valence-corrected chi connectivity index (χ3v) is 3.23. The summed E-state index contributed by atoms with van der Waals surface area (Å²) in [5.74, 6) is -0.455. The van der Waals surface area contributed by atoms with Crippen LogP contribution in [0.5, 0.6) is 0 Å². The standard InChI is InChI=1S/C17H17FN2/c1-20(10-9-14-5-3-2-4-6-14)13-15-7-8-17(18)16(11-15)12-19/h2-8,11H,9-10,13H2,1H3.